The Hall–Kier alpha value is -1.73. The van der Waals surface area contributed by atoms with Gasteiger partial charge in [-0.2, -0.15) is 8.42 Å². The molecule has 1 amide bonds. The number of hydrogen-bond donors (Lipinski definition) is 2. The molecule has 6 nitrogen and oxygen atoms in total. The maximum Gasteiger partial charge on any atom is 0.269 e. The predicted octanol–water partition coefficient (Wildman–Crippen LogP) is 0.992. The van der Waals surface area contributed by atoms with Gasteiger partial charge >= 0.3 is 0 Å². The highest BCUT2D eigenvalue weighted by Crippen LogP contribution is 2.12. The van der Waals surface area contributed by atoms with Gasteiger partial charge in [-0.15, -0.1) is 0 Å². The van der Waals surface area contributed by atoms with E-state index in [-0.39, 0.29) is 12.2 Å². The molecule has 0 aliphatic rings. The number of ketones is 1. The third-order valence-corrected chi connectivity index (χ3v) is 2.69. The van der Waals surface area contributed by atoms with Crippen LogP contribution in [-0.2, 0) is 25.5 Å². The summed E-state index contributed by atoms with van der Waals surface area (Å²) in [7, 11) is -4.06. The van der Waals surface area contributed by atoms with Crippen LogP contribution in [0.2, 0.25) is 0 Å². The Morgan fingerprint density at radius 3 is 2.22 bits per heavy atom. The predicted molar refractivity (Wildman–Crippen MR) is 65.6 cm³/mol. The Morgan fingerprint density at radius 2 is 1.78 bits per heavy atom. The SMILES string of the molecule is CC(=O)CC(=O)Nc1ccc(CS(=O)(=O)O)cc1. The lowest BCUT2D eigenvalue weighted by molar-refractivity contribution is -0.124. The van der Waals surface area contributed by atoms with E-state index < -0.39 is 21.8 Å². The molecule has 0 aromatic heterocycles. The van der Waals surface area contributed by atoms with Crippen LogP contribution in [-0.4, -0.2) is 24.7 Å². The Kier molecular flexibility index (Phi) is 4.57. The first-order chi connectivity index (χ1) is 8.26. The highest BCUT2D eigenvalue weighted by atomic mass is 32.2. The van der Waals surface area contributed by atoms with Crippen LogP contribution < -0.4 is 5.32 Å². The summed E-state index contributed by atoms with van der Waals surface area (Å²) in [6.45, 7) is 1.31. The zero-order chi connectivity index (χ0) is 13.8. The van der Waals surface area contributed by atoms with Crippen LogP contribution >= 0.6 is 0 Å². The lowest BCUT2D eigenvalue weighted by Crippen LogP contribution is -2.14. The van der Waals surface area contributed by atoms with E-state index in [0.29, 0.717) is 11.3 Å². The summed E-state index contributed by atoms with van der Waals surface area (Å²) >= 11 is 0. The van der Waals surface area contributed by atoms with E-state index in [1.807, 2.05) is 0 Å². The van der Waals surface area contributed by atoms with Gasteiger partial charge in [0.05, 0.1) is 6.42 Å². The second-order valence-electron chi connectivity index (χ2n) is 3.85. The van der Waals surface area contributed by atoms with Crippen molar-refractivity contribution in [3.63, 3.8) is 0 Å². The third-order valence-electron chi connectivity index (χ3n) is 2.00. The first-order valence-electron chi connectivity index (χ1n) is 5.09. The van der Waals surface area contributed by atoms with Gasteiger partial charge in [-0.3, -0.25) is 14.1 Å². The summed E-state index contributed by atoms with van der Waals surface area (Å²) in [6, 6.07) is 5.94. The van der Waals surface area contributed by atoms with Crippen molar-refractivity contribution in [3.05, 3.63) is 29.8 Å². The molecule has 0 aliphatic heterocycles. The molecular weight excluding hydrogens is 258 g/mol. The molecule has 0 radical (unpaired) electrons. The van der Waals surface area contributed by atoms with Crippen molar-refractivity contribution in [2.75, 3.05) is 5.32 Å². The fraction of sp³-hybridized carbons (Fsp3) is 0.273. The normalized spacial score (nSPS) is 11.0. The van der Waals surface area contributed by atoms with Crippen molar-refractivity contribution in [1.29, 1.82) is 0 Å². The van der Waals surface area contributed by atoms with Gasteiger partial charge in [0.25, 0.3) is 10.1 Å². The quantitative estimate of drug-likeness (QED) is 0.614. The minimum atomic E-state index is -4.06. The molecule has 18 heavy (non-hydrogen) atoms. The van der Waals surface area contributed by atoms with E-state index in [2.05, 4.69) is 5.32 Å². The van der Waals surface area contributed by atoms with Crippen LogP contribution in [0.3, 0.4) is 0 Å². The molecule has 0 heterocycles. The molecule has 2 N–H and O–H groups in total. The van der Waals surface area contributed by atoms with Crippen LogP contribution in [0.15, 0.2) is 24.3 Å². The first-order valence-corrected chi connectivity index (χ1v) is 6.70. The van der Waals surface area contributed by atoms with Crippen molar-refractivity contribution in [3.8, 4) is 0 Å². The summed E-state index contributed by atoms with van der Waals surface area (Å²) < 4.78 is 29.9. The number of nitrogens with one attached hydrogen (secondary N) is 1. The Balaban J connectivity index is 2.66. The van der Waals surface area contributed by atoms with Gasteiger partial charge in [0.15, 0.2) is 0 Å². The molecule has 7 heteroatoms. The molecule has 1 rings (SSSR count). The average molecular weight is 271 g/mol. The van der Waals surface area contributed by atoms with Gasteiger partial charge in [-0.05, 0) is 24.6 Å². The van der Waals surface area contributed by atoms with Gasteiger partial charge in [-0.25, -0.2) is 0 Å². The molecule has 1 aromatic rings. The molecule has 0 bridgehead atoms. The summed E-state index contributed by atoms with van der Waals surface area (Å²) in [5, 5.41) is 2.49. The Labute approximate surface area is 105 Å². The number of rotatable bonds is 5. The number of Topliss-reactive ketones (excluding diaryl/α,β-unsaturated/α-hetero) is 1. The van der Waals surface area contributed by atoms with Crippen molar-refractivity contribution < 1.29 is 22.6 Å². The highest BCUT2D eigenvalue weighted by Gasteiger charge is 2.08. The monoisotopic (exact) mass is 271 g/mol. The Bertz CT molecular complexity index is 547. The zero-order valence-corrected chi connectivity index (χ0v) is 10.5. The van der Waals surface area contributed by atoms with Gasteiger partial charge < -0.3 is 5.32 Å². The number of anilines is 1. The largest absolute Gasteiger partial charge is 0.326 e. The van der Waals surface area contributed by atoms with Gasteiger partial charge in [0, 0.05) is 5.69 Å². The lowest BCUT2D eigenvalue weighted by atomic mass is 10.2. The smallest absolute Gasteiger partial charge is 0.269 e. The van der Waals surface area contributed by atoms with Crippen LogP contribution in [0.25, 0.3) is 0 Å². The number of hydrogen-bond acceptors (Lipinski definition) is 4. The van der Waals surface area contributed by atoms with Crippen LogP contribution in [0.5, 0.6) is 0 Å². The summed E-state index contributed by atoms with van der Waals surface area (Å²) in [6.07, 6.45) is -0.202. The van der Waals surface area contributed by atoms with E-state index in [1.54, 1.807) is 0 Å². The van der Waals surface area contributed by atoms with Crippen molar-refractivity contribution in [2.24, 2.45) is 0 Å². The topological polar surface area (TPSA) is 101 Å². The summed E-state index contributed by atoms with van der Waals surface area (Å²) in [5.41, 5.74) is 0.863. The second-order valence-corrected chi connectivity index (χ2v) is 5.30. The van der Waals surface area contributed by atoms with Gasteiger partial charge in [0.2, 0.25) is 5.91 Å². The van der Waals surface area contributed by atoms with Gasteiger partial charge in [0.1, 0.15) is 11.5 Å². The maximum atomic E-state index is 11.3. The van der Waals surface area contributed by atoms with Crippen molar-refractivity contribution in [1.82, 2.24) is 0 Å². The zero-order valence-electron chi connectivity index (χ0n) is 9.71. The van der Waals surface area contributed by atoms with Gasteiger partial charge in [-0.1, -0.05) is 12.1 Å². The molecule has 0 saturated carbocycles. The molecule has 1 aromatic carbocycles. The van der Waals surface area contributed by atoms with E-state index in [1.165, 1.54) is 31.2 Å². The molecule has 0 saturated heterocycles. The van der Waals surface area contributed by atoms with E-state index in [4.69, 9.17) is 4.55 Å². The van der Waals surface area contributed by atoms with Crippen LogP contribution in [0, 0.1) is 0 Å². The number of carbonyl (C=O) groups is 2. The average Bonchev–Trinajstić information content (AvgIpc) is 2.17. The minimum Gasteiger partial charge on any atom is -0.326 e. The fourth-order valence-electron chi connectivity index (χ4n) is 1.33. The molecule has 0 spiro atoms. The lowest BCUT2D eigenvalue weighted by Gasteiger charge is -2.05. The number of carbonyl (C=O) groups excluding carboxylic acids is 2. The van der Waals surface area contributed by atoms with Crippen molar-refractivity contribution in [2.45, 2.75) is 19.1 Å². The summed E-state index contributed by atoms with van der Waals surface area (Å²) in [4.78, 5) is 22.0. The molecule has 0 fully saturated rings. The standard InChI is InChI=1S/C11H13NO5S/c1-8(13)6-11(14)12-10-4-2-9(3-5-10)7-18(15,16)17/h2-5H,6-7H2,1H3,(H,12,14)(H,15,16,17). The van der Waals surface area contributed by atoms with Crippen molar-refractivity contribution >= 4 is 27.5 Å². The second kappa shape index (κ2) is 5.74. The number of amides is 1. The molecule has 0 unspecified atom stereocenters. The van der Waals surface area contributed by atoms with E-state index in [9.17, 15) is 18.0 Å². The molecule has 98 valence electrons. The molecular formula is C11H13NO5S. The van der Waals surface area contributed by atoms with E-state index >= 15 is 0 Å². The van der Waals surface area contributed by atoms with Crippen LogP contribution in [0.1, 0.15) is 18.9 Å². The minimum absolute atomic E-state index is 0.202. The maximum absolute atomic E-state index is 11.3. The third kappa shape index (κ3) is 5.55. The summed E-state index contributed by atoms with van der Waals surface area (Å²) in [5.74, 6) is -1.14. The van der Waals surface area contributed by atoms with Crippen LogP contribution in [0.4, 0.5) is 5.69 Å². The number of benzene rings is 1. The van der Waals surface area contributed by atoms with E-state index in [0.717, 1.165) is 0 Å². The first kappa shape index (κ1) is 14.3. The molecule has 0 atom stereocenters. The highest BCUT2D eigenvalue weighted by molar-refractivity contribution is 7.85. The Morgan fingerprint density at radius 1 is 1.22 bits per heavy atom. The molecule has 0 aliphatic carbocycles. The fourth-order valence-corrected chi connectivity index (χ4v) is 1.94.